The van der Waals surface area contributed by atoms with E-state index < -0.39 is 5.97 Å². The van der Waals surface area contributed by atoms with Crippen molar-refractivity contribution in [2.45, 2.75) is 26.2 Å². The second-order valence-electron chi connectivity index (χ2n) is 4.09. The summed E-state index contributed by atoms with van der Waals surface area (Å²) in [6, 6.07) is 0. The predicted molar refractivity (Wildman–Crippen MR) is 62.2 cm³/mol. The first kappa shape index (κ1) is 14.2. The second-order valence-corrected chi connectivity index (χ2v) is 4.09. The Hall–Kier alpha value is -1.85. The molecule has 0 spiro atoms. The Balaban J connectivity index is 2.94. The van der Waals surface area contributed by atoms with Crippen molar-refractivity contribution in [1.29, 1.82) is 0 Å². The summed E-state index contributed by atoms with van der Waals surface area (Å²) in [6.07, 6.45) is 1.22. The summed E-state index contributed by atoms with van der Waals surface area (Å²) >= 11 is 0. The van der Waals surface area contributed by atoms with E-state index in [0.717, 1.165) is 0 Å². The molecule has 0 aromatic rings. The summed E-state index contributed by atoms with van der Waals surface area (Å²) in [6.45, 7) is 1.37. The van der Waals surface area contributed by atoms with Gasteiger partial charge in [0.2, 0.25) is 5.91 Å². The van der Waals surface area contributed by atoms with Crippen molar-refractivity contribution in [3.05, 3.63) is 11.3 Å². The number of hydrogen-bond acceptors (Lipinski definition) is 5. The lowest BCUT2D eigenvalue weighted by Crippen LogP contribution is -2.30. The van der Waals surface area contributed by atoms with Gasteiger partial charge in [-0.2, -0.15) is 0 Å². The number of allylic oxidation sites excluding steroid dienone is 1. The maximum absolute atomic E-state index is 11.6. The van der Waals surface area contributed by atoms with Crippen LogP contribution in [0.2, 0.25) is 0 Å². The van der Waals surface area contributed by atoms with Gasteiger partial charge in [0, 0.05) is 12.6 Å². The van der Waals surface area contributed by atoms with Crippen molar-refractivity contribution < 1.29 is 23.9 Å². The smallest absolute Gasteiger partial charge is 0.335 e. The van der Waals surface area contributed by atoms with Crippen molar-refractivity contribution in [2.24, 2.45) is 5.92 Å². The van der Waals surface area contributed by atoms with E-state index in [0.29, 0.717) is 24.1 Å². The van der Waals surface area contributed by atoms with Crippen LogP contribution in [0.3, 0.4) is 0 Å². The first-order chi connectivity index (χ1) is 8.49. The van der Waals surface area contributed by atoms with Gasteiger partial charge in [-0.1, -0.05) is 0 Å². The van der Waals surface area contributed by atoms with Gasteiger partial charge in [-0.3, -0.25) is 9.59 Å². The SMILES string of the molecule is COC(=O)C1=C(NC(C)=O)CC[C@H](C(=O)OC)C1. The van der Waals surface area contributed by atoms with Crippen LogP contribution in [0.15, 0.2) is 11.3 Å². The van der Waals surface area contributed by atoms with Crippen molar-refractivity contribution in [2.75, 3.05) is 14.2 Å². The van der Waals surface area contributed by atoms with Gasteiger partial charge in [0.15, 0.2) is 0 Å². The Kier molecular flexibility index (Phi) is 4.88. The topological polar surface area (TPSA) is 81.7 Å². The molecule has 0 aromatic carbocycles. The standard InChI is InChI=1S/C12H17NO5/c1-7(14)13-10-5-4-8(11(15)17-2)6-9(10)12(16)18-3/h8H,4-6H2,1-3H3,(H,13,14)/t8-/m0/s1. The number of carbonyl (C=O) groups excluding carboxylic acids is 3. The quantitative estimate of drug-likeness (QED) is 0.744. The molecule has 1 N–H and O–H groups in total. The van der Waals surface area contributed by atoms with Gasteiger partial charge < -0.3 is 14.8 Å². The van der Waals surface area contributed by atoms with E-state index in [-0.39, 0.29) is 24.2 Å². The minimum Gasteiger partial charge on any atom is -0.469 e. The minimum absolute atomic E-state index is 0.231. The van der Waals surface area contributed by atoms with Gasteiger partial charge in [-0.05, 0) is 19.3 Å². The zero-order chi connectivity index (χ0) is 13.7. The molecule has 0 radical (unpaired) electrons. The summed E-state index contributed by atoms with van der Waals surface area (Å²) in [4.78, 5) is 34.2. The number of esters is 2. The number of amides is 1. The molecule has 6 heteroatoms. The lowest BCUT2D eigenvalue weighted by atomic mass is 9.86. The number of carbonyl (C=O) groups is 3. The molecule has 1 amide bonds. The fourth-order valence-electron chi connectivity index (χ4n) is 1.99. The van der Waals surface area contributed by atoms with Crippen molar-refractivity contribution in [3.8, 4) is 0 Å². The van der Waals surface area contributed by atoms with E-state index in [4.69, 9.17) is 0 Å². The maximum atomic E-state index is 11.6. The van der Waals surface area contributed by atoms with E-state index in [9.17, 15) is 14.4 Å². The molecule has 0 unspecified atom stereocenters. The van der Waals surface area contributed by atoms with Crippen LogP contribution in [0.5, 0.6) is 0 Å². The minimum atomic E-state index is -0.521. The number of ether oxygens (including phenoxy) is 2. The molecule has 0 aliphatic heterocycles. The maximum Gasteiger partial charge on any atom is 0.335 e. The first-order valence-electron chi connectivity index (χ1n) is 5.65. The lowest BCUT2D eigenvalue weighted by Gasteiger charge is -2.24. The molecule has 1 atom stereocenters. The first-order valence-corrected chi connectivity index (χ1v) is 5.65. The molecule has 1 rings (SSSR count). The average Bonchev–Trinajstić information content (AvgIpc) is 2.36. The van der Waals surface area contributed by atoms with Crippen molar-refractivity contribution in [3.63, 3.8) is 0 Å². The summed E-state index contributed by atoms with van der Waals surface area (Å²) in [5.74, 6) is -1.48. The molecule has 0 heterocycles. The highest BCUT2D eigenvalue weighted by molar-refractivity contribution is 5.91. The van der Waals surface area contributed by atoms with Crippen LogP contribution in [0.25, 0.3) is 0 Å². The van der Waals surface area contributed by atoms with E-state index in [1.807, 2.05) is 0 Å². The largest absolute Gasteiger partial charge is 0.469 e. The Morgan fingerprint density at radius 2 is 1.89 bits per heavy atom. The summed E-state index contributed by atoms with van der Waals surface area (Å²) in [7, 11) is 2.58. The van der Waals surface area contributed by atoms with E-state index >= 15 is 0 Å². The van der Waals surface area contributed by atoms with E-state index in [2.05, 4.69) is 14.8 Å². The third-order valence-corrected chi connectivity index (χ3v) is 2.85. The summed E-state index contributed by atoms with van der Waals surface area (Å²) in [5, 5.41) is 2.61. The van der Waals surface area contributed by atoms with E-state index in [1.165, 1.54) is 21.1 Å². The van der Waals surface area contributed by atoms with Gasteiger partial charge in [0.1, 0.15) is 0 Å². The van der Waals surface area contributed by atoms with Gasteiger partial charge in [0.05, 0.1) is 25.7 Å². The second kappa shape index (κ2) is 6.18. The molecular weight excluding hydrogens is 238 g/mol. The molecule has 100 valence electrons. The normalized spacial score (nSPS) is 19.2. The van der Waals surface area contributed by atoms with Crippen LogP contribution in [0, 0.1) is 5.92 Å². The fraction of sp³-hybridized carbons (Fsp3) is 0.583. The Labute approximate surface area is 105 Å². The third-order valence-electron chi connectivity index (χ3n) is 2.85. The van der Waals surface area contributed by atoms with Crippen LogP contribution in [0.1, 0.15) is 26.2 Å². The molecule has 0 bridgehead atoms. The fourth-order valence-corrected chi connectivity index (χ4v) is 1.99. The zero-order valence-corrected chi connectivity index (χ0v) is 10.7. The van der Waals surface area contributed by atoms with Gasteiger partial charge in [0.25, 0.3) is 0 Å². The Bertz CT molecular complexity index is 399. The Morgan fingerprint density at radius 1 is 1.22 bits per heavy atom. The van der Waals surface area contributed by atoms with Crippen LogP contribution in [0.4, 0.5) is 0 Å². The third kappa shape index (κ3) is 3.32. The summed E-state index contributed by atoms with van der Waals surface area (Å²) in [5.41, 5.74) is 0.879. The van der Waals surface area contributed by atoms with Gasteiger partial charge in [-0.15, -0.1) is 0 Å². The number of hydrogen-bond donors (Lipinski definition) is 1. The number of methoxy groups -OCH3 is 2. The van der Waals surface area contributed by atoms with Crippen LogP contribution in [-0.2, 0) is 23.9 Å². The average molecular weight is 255 g/mol. The molecule has 1 aliphatic carbocycles. The van der Waals surface area contributed by atoms with Crippen LogP contribution >= 0.6 is 0 Å². The highest BCUT2D eigenvalue weighted by Crippen LogP contribution is 2.29. The predicted octanol–water partition coefficient (Wildman–Crippen LogP) is 0.523. The Morgan fingerprint density at radius 3 is 2.39 bits per heavy atom. The molecular formula is C12H17NO5. The van der Waals surface area contributed by atoms with Crippen LogP contribution in [-0.4, -0.2) is 32.1 Å². The molecule has 0 saturated carbocycles. The van der Waals surface area contributed by atoms with Crippen LogP contribution < -0.4 is 5.32 Å². The lowest BCUT2D eigenvalue weighted by molar-refractivity contribution is -0.146. The molecule has 0 fully saturated rings. The highest BCUT2D eigenvalue weighted by Gasteiger charge is 2.31. The van der Waals surface area contributed by atoms with E-state index in [1.54, 1.807) is 0 Å². The summed E-state index contributed by atoms with van der Waals surface area (Å²) < 4.78 is 9.33. The molecule has 1 aliphatic rings. The monoisotopic (exact) mass is 255 g/mol. The molecule has 18 heavy (non-hydrogen) atoms. The molecule has 0 aromatic heterocycles. The van der Waals surface area contributed by atoms with Crippen molar-refractivity contribution >= 4 is 17.8 Å². The molecule has 6 nitrogen and oxygen atoms in total. The molecule has 0 saturated heterocycles. The highest BCUT2D eigenvalue weighted by atomic mass is 16.5. The zero-order valence-electron chi connectivity index (χ0n) is 10.7. The van der Waals surface area contributed by atoms with Gasteiger partial charge >= 0.3 is 11.9 Å². The van der Waals surface area contributed by atoms with Gasteiger partial charge in [-0.25, -0.2) is 4.79 Å². The number of rotatable bonds is 3. The van der Waals surface area contributed by atoms with Crippen molar-refractivity contribution in [1.82, 2.24) is 5.32 Å². The number of nitrogens with one attached hydrogen (secondary N) is 1.